The van der Waals surface area contributed by atoms with Gasteiger partial charge in [-0.3, -0.25) is 0 Å². The van der Waals surface area contributed by atoms with E-state index in [2.05, 4.69) is 15.9 Å². The Balaban J connectivity index is 2.16. The maximum atomic E-state index is 5.36. The van der Waals surface area contributed by atoms with E-state index in [0.29, 0.717) is 18.7 Å². The second-order valence-electron chi connectivity index (χ2n) is 2.18. The Morgan fingerprint density at radius 1 is 1.08 bits per heavy atom. The summed E-state index contributed by atoms with van der Waals surface area (Å²) >= 11 is 3.16. The molecule has 0 atom stereocenters. The molecule has 0 bridgehead atoms. The van der Waals surface area contributed by atoms with E-state index in [1.54, 1.807) is 0 Å². The highest BCUT2D eigenvalue weighted by Gasteiger charge is 1.89. The number of para-hydroxylation sites is 1. The van der Waals surface area contributed by atoms with Crippen molar-refractivity contribution in [2.24, 2.45) is 0 Å². The van der Waals surface area contributed by atoms with E-state index in [-0.39, 0.29) is 0 Å². The molecular weight excluding hydrogens is 220 g/mol. The fourth-order valence-electron chi connectivity index (χ4n) is 0.790. The smallest absolute Gasteiger partial charge is 0.119 e. The van der Waals surface area contributed by atoms with Gasteiger partial charge in [-0.05, 0) is 12.1 Å². The molecule has 0 saturated carbocycles. The van der Waals surface area contributed by atoms with Gasteiger partial charge >= 0.3 is 0 Å². The Kier molecular flexibility index (Phi) is 4.80. The highest BCUT2D eigenvalue weighted by Crippen LogP contribution is 2.07. The second kappa shape index (κ2) is 6.03. The molecule has 66 valence electrons. The monoisotopic (exact) mass is 230 g/mol. The van der Waals surface area contributed by atoms with Crippen LogP contribution in [0.4, 0.5) is 0 Å². The van der Waals surface area contributed by atoms with Crippen LogP contribution in [-0.2, 0) is 4.74 Å². The van der Waals surface area contributed by atoms with Crippen molar-refractivity contribution in [2.45, 2.75) is 0 Å². The van der Waals surface area contributed by atoms with E-state index in [9.17, 15) is 0 Å². The van der Waals surface area contributed by atoms with E-state index < -0.39 is 0 Å². The molecule has 0 heterocycles. The van der Waals surface area contributed by atoms with E-state index in [1.165, 1.54) is 0 Å². The fraction of sp³-hybridized carbons (Fsp3) is 0.333. The number of hydrogen-bond donors (Lipinski definition) is 0. The van der Waals surface area contributed by atoms with Crippen LogP contribution >= 0.6 is 15.9 Å². The van der Waals surface area contributed by atoms with Gasteiger partial charge in [-0.1, -0.05) is 34.1 Å². The SMILES string of the molecule is BrCOCCOc1ccccc1. The lowest BCUT2D eigenvalue weighted by atomic mass is 10.3. The van der Waals surface area contributed by atoms with Crippen molar-refractivity contribution < 1.29 is 9.47 Å². The van der Waals surface area contributed by atoms with Gasteiger partial charge in [0.05, 0.1) is 6.61 Å². The zero-order valence-corrected chi connectivity index (χ0v) is 8.29. The molecule has 0 amide bonds. The molecule has 12 heavy (non-hydrogen) atoms. The van der Waals surface area contributed by atoms with Gasteiger partial charge in [-0.15, -0.1) is 0 Å². The third-order valence-corrected chi connectivity index (χ3v) is 1.64. The summed E-state index contributed by atoms with van der Waals surface area (Å²) in [6, 6.07) is 9.70. The largest absolute Gasteiger partial charge is 0.491 e. The maximum absolute atomic E-state index is 5.36. The second-order valence-corrected chi connectivity index (χ2v) is 2.64. The van der Waals surface area contributed by atoms with Crippen LogP contribution in [0.15, 0.2) is 30.3 Å². The fourth-order valence-corrected chi connectivity index (χ4v) is 1.02. The van der Waals surface area contributed by atoms with E-state index in [0.717, 1.165) is 5.75 Å². The van der Waals surface area contributed by atoms with Crippen molar-refractivity contribution in [1.29, 1.82) is 0 Å². The molecule has 0 aromatic heterocycles. The first-order valence-electron chi connectivity index (χ1n) is 3.75. The molecule has 0 spiro atoms. The molecule has 0 unspecified atom stereocenters. The number of rotatable bonds is 5. The molecule has 0 saturated heterocycles. The summed E-state index contributed by atoms with van der Waals surface area (Å²) in [6.45, 7) is 1.20. The molecule has 0 N–H and O–H groups in total. The maximum Gasteiger partial charge on any atom is 0.119 e. The molecule has 0 aliphatic heterocycles. The van der Waals surface area contributed by atoms with Gasteiger partial charge in [0.2, 0.25) is 0 Å². The summed E-state index contributed by atoms with van der Waals surface area (Å²) in [4.78, 5) is 0. The van der Waals surface area contributed by atoms with Crippen molar-refractivity contribution in [2.75, 3.05) is 18.7 Å². The molecular formula is C9H11BrO2. The molecule has 0 fully saturated rings. The van der Waals surface area contributed by atoms with E-state index in [1.807, 2.05) is 30.3 Å². The quantitative estimate of drug-likeness (QED) is 0.572. The third kappa shape index (κ3) is 3.74. The van der Waals surface area contributed by atoms with Crippen LogP contribution in [0.1, 0.15) is 0 Å². The van der Waals surface area contributed by atoms with Gasteiger partial charge in [0.25, 0.3) is 0 Å². The lowest BCUT2D eigenvalue weighted by Gasteiger charge is -2.04. The molecule has 1 aromatic carbocycles. The number of ether oxygens (including phenoxy) is 2. The van der Waals surface area contributed by atoms with Gasteiger partial charge in [0.1, 0.15) is 17.9 Å². The predicted octanol–water partition coefficient (Wildman–Crippen LogP) is 2.43. The molecule has 0 aliphatic rings. The van der Waals surface area contributed by atoms with Crippen molar-refractivity contribution in [3.8, 4) is 5.75 Å². The minimum absolute atomic E-state index is 0.561. The normalized spacial score (nSPS) is 9.75. The molecule has 1 rings (SSSR count). The molecule has 0 aliphatic carbocycles. The van der Waals surface area contributed by atoms with Crippen LogP contribution in [-0.4, -0.2) is 18.7 Å². The topological polar surface area (TPSA) is 18.5 Å². The molecule has 2 nitrogen and oxygen atoms in total. The lowest BCUT2D eigenvalue weighted by molar-refractivity contribution is 0.138. The number of benzene rings is 1. The van der Waals surface area contributed by atoms with Gasteiger partial charge < -0.3 is 9.47 Å². The Morgan fingerprint density at radius 3 is 2.50 bits per heavy atom. The van der Waals surface area contributed by atoms with E-state index >= 15 is 0 Å². The number of alkyl halides is 1. The number of hydrogen-bond acceptors (Lipinski definition) is 2. The summed E-state index contributed by atoms with van der Waals surface area (Å²) in [5, 5.41) is 0. The van der Waals surface area contributed by atoms with Crippen LogP contribution in [0, 0.1) is 0 Å². The Morgan fingerprint density at radius 2 is 1.83 bits per heavy atom. The molecule has 3 heteroatoms. The standard InChI is InChI=1S/C9H11BrO2/c10-8-11-6-7-12-9-4-2-1-3-5-9/h1-5H,6-8H2. The minimum atomic E-state index is 0.561. The van der Waals surface area contributed by atoms with Crippen LogP contribution < -0.4 is 4.74 Å². The minimum Gasteiger partial charge on any atom is -0.491 e. The summed E-state index contributed by atoms with van der Waals surface area (Å²) in [5.74, 6) is 0.885. The first kappa shape index (κ1) is 9.55. The average Bonchev–Trinajstić information content (AvgIpc) is 2.14. The highest BCUT2D eigenvalue weighted by molar-refractivity contribution is 9.09. The van der Waals surface area contributed by atoms with Gasteiger partial charge in [0, 0.05) is 0 Å². The predicted molar refractivity (Wildman–Crippen MR) is 51.7 cm³/mol. The zero-order chi connectivity index (χ0) is 8.65. The first-order valence-corrected chi connectivity index (χ1v) is 4.87. The zero-order valence-electron chi connectivity index (χ0n) is 6.70. The Hall–Kier alpha value is -0.540. The first-order chi connectivity index (χ1) is 5.93. The van der Waals surface area contributed by atoms with Gasteiger partial charge in [0.15, 0.2) is 0 Å². The van der Waals surface area contributed by atoms with Crippen LogP contribution in [0.5, 0.6) is 5.75 Å². The van der Waals surface area contributed by atoms with Gasteiger partial charge in [-0.25, -0.2) is 0 Å². The van der Waals surface area contributed by atoms with E-state index in [4.69, 9.17) is 9.47 Å². The van der Waals surface area contributed by atoms with Crippen molar-refractivity contribution in [3.63, 3.8) is 0 Å². The molecule has 0 radical (unpaired) electrons. The molecule has 1 aromatic rings. The average molecular weight is 231 g/mol. The number of halogens is 1. The highest BCUT2D eigenvalue weighted by atomic mass is 79.9. The van der Waals surface area contributed by atoms with Crippen molar-refractivity contribution in [1.82, 2.24) is 0 Å². The Labute approximate surface area is 80.6 Å². The summed E-state index contributed by atoms with van der Waals surface area (Å²) < 4.78 is 10.4. The van der Waals surface area contributed by atoms with Crippen molar-refractivity contribution >= 4 is 15.9 Å². The summed E-state index contributed by atoms with van der Waals surface area (Å²) in [6.07, 6.45) is 0. The Bertz CT molecular complexity index is 201. The summed E-state index contributed by atoms with van der Waals surface area (Å²) in [5.41, 5.74) is 0.561. The van der Waals surface area contributed by atoms with Crippen molar-refractivity contribution in [3.05, 3.63) is 30.3 Å². The third-order valence-electron chi connectivity index (χ3n) is 1.32. The van der Waals surface area contributed by atoms with Gasteiger partial charge in [-0.2, -0.15) is 0 Å². The van der Waals surface area contributed by atoms with Crippen LogP contribution in [0.25, 0.3) is 0 Å². The van der Waals surface area contributed by atoms with Crippen LogP contribution in [0.2, 0.25) is 0 Å². The van der Waals surface area contributed by atoms with Crippen LogP contribution in [0.3, 0.4) is 0 Å². The summed E-state index contributed by atoms with van der Waals surface area (Å²) in [7, 11) is 0. The lowest BCUT2D eigenvalue weighted by Crippen LogP contribution is -2.05.